The van der Waals surface area contributed by atoms with E-state index in [-0.39, 0.29) is 33.0 Å². The smallest absolute Gasteiger partial charge is 0.790 e. The summed E-state index contributed by atoms with van der Waals surface area (Å²) in [5.41, 5.74) is 0. The summed E-state index contributed by atoms with van der Waals surface area (Å²) in [6, 6.07) is 0. The Hall–Kier alpha value is 1.32. The van der Waals surface area contributed by atoms with E-state index in [1.807, 2.05) is 0 Å². The maximum atomic E-state index is 9.25. The molecule has 0 N–H and O–H groups in total. The van der Waals surface area contributed by atoms with Crippen LogP contribution in [0.15, 0.2) is 0 Å². The van der Waals surface area contributed by atoms with E-state index in [9.17, 15) is 43.1 Å². The zero-order valence-electron chi connectivity index (χ0n) is 9.87. The molecule has 0 aromatic rings. The summed E-state index contributed by atoms with van der Waals surface area (Å²) >= 11 is 0. The molecule has 2 radical (unpaired) electrons. The molecule has 0 atom stereocenters. The third-order valence-electron chi connectivity index (χ3n) is 0.671. The molecular weight excluding hydrogens is 438 g/mol. The van der Waals surface area contributed by atoms with E-state index >= 15 is 0 Å². The summed E-state index contributed by atoms with van der Waals surface area (Å²) in [5, 5.41) is 0. The molecule has 0 aliphatic rings. The molecule has 12 nitrogen and oxygen atoms in total. The molecule has 0 fully saturated rings. The van der Waals surface area contributed by atoms with E-state index in [4.69, 9.17) is 0 Å². The third-order valence-corrected chi connectivity index (χ3v) is 2.01. The van der Waals surface area contributed by atoms with Crippen LogP contribution in [0.3, 0.4) is 0 Å². The number of hydrogen-bond acceptors (Lipinski definition) is 12. The molecule has 0 aromatic heterocycles. The van der Waals surface area contributed by atoms with Gasteiger partial charge < -0.3 is 56.6 Å². The van der Waals surface area contributed by atoms with Gasteiger partial charge in [-0.15, -0.1) is 0 Å². The molecule has 0 rings (SSSR count). The van der Waals surface area contributed by atoms with Crippen LogP contribution in [0.25, 0.3) is 0 Å². The second-order valence-corrected chi connectivity index (χ2v) is 5.67. The molecule has 0 unspecified atom stereocenters. The van der Waals surface area contributed by atoms with Crippen LogP contribution in [-0.4, -0.2) is 21.3 Å². The van der Waals surface area contributed by atoms with Crippen molar-refractivity contribution in [3.05, 3.63) is 0 Å². The van der Waals surface area contributed by atoms with Crippen molar-refractivity contribution >= 4 is 23.5 Å². The van der Waals surface area contributed by atoms with Crippen LogP contribution < -0.4 is 29.4 Å². The van der Waals surface area contributed by atoms with Gasteiger partial charge in [0, 0.05) is 21.3 Å². The third kappa shape index (κ3) is 60.9. The minimum atomic E-state index is -4.65. The van der Waals surface area contributed by atoms with Gasteiger partial charge >= 0.3 is 33.0 Å². The average molecular weight is 447 g/mol. The van der Waals surface area contributed by atoms with Crippen LogP contribution >= 0.6 is 23.5 Å². The first kappa shape index (κ1) is 33.0. The molecule has 0 bridgehead atoms. The molecule has 0 saturated heterocycles. The Morgan fingerprint density at radius 1 is 0.550 bits per heavy atom. The average Bonchev–Trinajstić information content (AvgIpc) is 2.16. The van der Waals surface area contributed by atoms with E-state index < -0.39 is 23.5 Å². The standard InChI is InChI=1S/3CH5O4P.2Ni/c3*1-5-6(2,3)4;;/h3*1H3,(H2,2,3,4);;/q;;;2*+3/p-6. The van der Waals surface area contributed by atoms with E-state index in [2.05, 4.69) is 13.6 Å². The van der Waals surface area contributed by atoms with Gasteiger partial charge in [0.25, 0.3) is 0 Å². The van der Waals surface area contributed by atoms with Crippen molar-refractivity contribution in [2.45, 2.75) is 0 Å². The first-order valence-corrected chi connectivity index (χ1v) is 7.80. The van der Waals surface area contributed by atoms with Gasteiger partial charge in [-0.2, -0.15) is 0 Å². The number of hydrogen-bond donors (Lipinski definition) is 0. The predicted molar refractivity (Wildman–Crippen MR) is 43.8 cm³/mol. The van der Waals surface area contributed by atoms with Crippen molar-refractivity contribution in [2.75, 3.05) is 21.3 Å². The van der Waals surface area contributed by atoms with E-state index in [1.165, 1.54) is 0 Å². The topological polar surface area (TPSA) is 217 Å². The van der Waals surface area contributed by atoms with Crippen LogP contribution in [-0.2, 0) is 60.2 Å². The molecule has 0 spiro atoms. The monoisotopic (exact) mass is 446 g/mol. The van der Waals surface area contributed by atoms with Gasteiger partial charge in [-0.25, -0.2) is 0 Å². The van der Waals surface area contributed by atoms with Crippen molar-refractivity contribution < 1.29 is 89.6 Å². The van der Waals surface area contributed by atoms with Gasteiger partial charge in [-0.1, -0.05) is 0 Å². The van der Waals surface area contributed by atoms with E-state index in [1.54, 1.807) is 0 Å². The van der Waals surface area contributed by atoms with Crippen molar-refractivity contribution in [2.24, 2.45) is 0 Å². The SMILES string of the molecule is COP(=O)([O-])[O-].COP(=O)([O-])[O-].COP(=O)([O-])[O-].[Ni+3].[Ni+3]. The summed E-state index contributed by atoms with van der Waals surface area (Å²) in [5.74, 6) is 0. The molecule has 0 heterocycles. The Morgan fingerprint density at radius 2 is 0.600 bits per heavy atom. The van der Waals surface area contributed by atoms with Crippen LogP contribution in [0.5, 0.6) is 0 Å². The van der Waals surface area contributed by atoms with Gasteiger partial charge in [0.2, 0.25) is 0 Å². The largest absolute Gasteiger partial charge is 3.00 e. The normalized spacial score (nSPS) is 10.7. The fourth-order valence-electron chi connectivity index (χ4n) is 0. The maximum Gasteiger partial charge on any atom is 3.00 e. The Bertz CT molecular complexity index is 277. The summed E-state index contributed by atoms with van der Waals surface area (Å²) in [4.78, 5) is 55.5. The molecule has 20 heavy (non-hydrogen) atoms. The van der Waals surface area contributed by atoms with E-state index in [0.717, 1.165) is 21.3 Å². The number of rotatable bonds is 3. The zero-order chi connectivity index (χ0) is 15.6. The van der Waals surface area contributed by atoms with Gasteiger partial charge in [0.05, 0.1) is 23.5 Å². The van der Waals surface area contributed by atoms with Crippen molar-refractivity contribution in [3.63, 3.8) is 0 Å². The van der Waals surface area contributed by atoms with E-state index in [0.29, 0.717) is 0 Å². The van der Waals surface area contributed by atoms with Crippen molar-refractivity contribution in [1.29, 1.82) is 0 Å². The molecule has 128 valence electrons. The summed E-state index contributed by atoms with van der Waals surface area (Å²) in [6.45, 7) is 0. The Kier molecular flexibility index (Phi) is 25.2. The fourth-order valence-corrected chi connectivity index (χ4v) is 0. The Labute approximate surface area is 134 Å². The Balaban J connectivity index is -0.0000000536. The quantitative estimate of drug-likeness (QED) is 0.295. The van der Waals surface area contributed by atoms with Gasteiger partial charge in [-0.3, -0.25) is 0 Å². The molecule has 0 saturated carbocycles. The minimum absolute atomic E-state index is 0. The van der Waals surface area contributed by atoms with Crippen molar-refractivity contribution in [1.82, 2.24) is 0 Å². The van der Waals surface area contributed by atoms with Gasteiger partial charge in [0.1, 0.15) is 0 Å². The zero-order valence-corrected chi connectivity index (χ0v) is 14.5. The summed E-state index contributed by atoms with van der Waals surface area (Å²) in [6.07, 6.45) is 0. The van der Waals surface area contributed by atoms with Crippen molar-refractivity contribution in [3.8, 4) is 0 Å². The second kappa shape index (κ2) is 15.2. The molecule has 0 amide bonds. The number of phosphoric acid groups is 3. The first-order valence-electron chi connectivity index (χ1n) is 3.42. The second-order valence-electron chi connectivity index (χ2n) is 1.89. The molecule has 17 heteroatoms. The molecule has 0 aliphatic heterocycles. The molecule has 0 aromatic carbocycles. The van der Waals surface area contributed by atoms with Gasteiger partial charge in [0.15, 0.2) is 0 Å². The van der Waals surface area contributed by atoms with Crippen LogP contribution in [0.2, 0.25) is 0 Å². The Morgan fingerprint density at radius 3 is 0.600 bits per heavy atom. The first-order chi connectivity index (χ1) is 7.68. The minimum Gasteiger partial charge on any atom is -0.790 e. The fraction of sp³-hybridized carbons (Fsp3) is 1.00. The predicted octanol–water partition coefficient (Wildman–Crippen LogP) is -4.62. The summed E-state index contributed by atoms with van der Waals surface area (Å²) in [7, 11) is -11.5. The summed E-state index contributed by atoms with van der Waals surface area (Å²) < 4.78 is 37.9. The van der Waals surface area contributed by atoms with Gasteiger partial charge in [-0.05, 0) is 0 Å². The van der Waals surface area contributed by atoms with Crippen LogP contribution in [0, 0.1) is 0 Å². The van der Waals surface area contributed by atoms with Crippen LogP contribution in [0.4, 0.5) is 0 Å². The number of phosphoric ester groups is 3. The molecular formula is C3H9Ni2O12P3. The van der Waals surface area contributed by atoms with Crippen LogP contribution in [0.1, 0.15) is 0 Å². The molecule has 0 aliphatic carbocycles. The maximum absolute atomic E-state index is 9.25.